The molecule has 1 aromatic carbocycles. The van der Waals surface area contributed by atoms with Crippen molar-refractivity contribution >= 4 is 11.6 Å². The van der Waals surface area contributed by atoms with Crippen LogP contribution >= 0.6 is 0 Å². The molecule has 0 bridgehead atoms. The van der Waals surface area contributed by atoms with Crippen LogP contribution in [0.25, 0.3) is 0 Å². The maximum Gasteiger partial charge on any atom is 0.289 e. The fourth-order valence-electron chi connectivity index (χ4n) is 3.06. The Kier molecular flexibility index (Phi) is 6.22. The van der Waals surface area contributed by atoms with E-state index < -0.39 is 4.92 Å². The number of ether oxygens (including phenoxy) is 2. The number of anilines is 1. The summed E-state index contributed by atoms with van der Waals surface area (Å²) in [7, 11) is 3.05. The van der Waals surface area contributed by atoms with Crippen molar-refractivity contribution in [2.75, 3.05) is 45.7 Å². The lowest BCUT2D eigenvalue weighted by Crippen LogP contribution is -2.49. The van der Waals surface area contributed by atoms with Crippen LogP contribution < -0.4 is 14.8 Å². The van der Waals surface area contributed by atoms with Gasteiger partial charge >= 0.3 is 0 Å². The van der Waals surface area contributed by atoms with Crippen molar-refractivity contribution in [3.63, 3.8) is 0 Å². The minimum Gasteiger partial charge on any atom is -0.493 e. The molecule has 3 rings (SSSR count). The number of carbonyl (C=O) groups is 1. The lowest BCUT2D eigenvalue weighted by Gasteiger charge is -2.36. The first-order valence-electron chi connectivity index (χ1n) is 8.94. The molecule has 0 radical (unpaired) electrons. The summed E-state index contributed by atoms with van der Waals surface area (Å²) in [6.45, 7) is 1.71. The normalized spacial score (nSPS) is 14.5. The van der Waals surface area contributed by atoms with Gasteiger partial charge in [0.1, 0.15) is 0 Å². The number of piperazine rings is 1. The van der Waals surface area contributed by atoms with Crippen LogP contribution in [0.15, 0.2) is 53.0 Å². The summed E-state index contributed by atoms with van der Waals surface area (Å²) in [6.07, 6.45) is 2.37. The lowest BCUT2D eigenvalue weighted by atomic mass is 10.2. The minimum atomic E-state index is -0.510. The molecule has 0 atom stereocenters. The Morgan fingerprint density at radius 3 is 2.41 bits per heavy atom. The Balaban J connectivity index is 1.70. The molecule has 1 aliphatic heterocycles. The summed E-state index contributed by atoms with van der Waals surface area (Å²) in [5.74, 6) is 1.48. The van der Waals surface area contributed by atoms with Crippen LogP contribution in [0.1, 0.15) is 10.6 Å². The van der Waals surface area contributed by atoms with Gasteiger partial charge in [0.25, 0.3) is 12.1 Å². The number of furan rings is 1. The number of benzene rings is 1. The predicted molar refractivity (Wildman–Crippen MR) is 104 cm³/mol. The average Bonchev–Trinajstić information content (AvgIpc) is 3.27. The molecule has 154 valence electrons. The number of methoxy groups -OCH3 is 2. The number of nitrogens with zero attached hydrogens (tertiary/aromatic N) is 3. The molecular formula is C19H22N4O6. The number of hydrogen-bond acceptors (Lipinski definition) is 8. The highest BCUT2D eigenvalue weighted by Crippen LogP contribution is 2.30. The predicted octanol–water partition coefficient (Wildman–Crippen LogP) is 2.24. The van der Waals surface area contributed by atoms with Crippen LogP contribution in [0, 0.1) is 10.1 Å². The van der Waals surface area contributed by atoms with Crippen LogP contribution in [0.3, 0.4) is 0 Å². The molecule has 0 spiro atoms. The highest BCUT2D eigenvalue weighted by atomic mass is 16.6. The molecule has 2 aromatic rings. The Hall–Kier alpha value is -3.69. The summed E-state index contributed by atoms with van der Waals surface area (Å²) in [5.41, 5.74) is 0.616. The third-order valence-corrected chi connectivity index (χ3v) is 4.52. The van der Waals surface area contributed by atoms with Crippen molar-refractivity contribution in [1.82, 2.24) is 9.80 Å². The second kappa shape index (κ2) is 9.00. The molecule has 1 aromatic heterocycles. The standard InChI is InChI=1S/C19H22N4O6/c1-27-15-6-5-14(12-17(15)28-2)20-18(13-23(25)26)21-7-9-22(10-8-21)19(24)16-4-3-11-29-16/h3-6,11-13,20H,7-10H2,1-2H3/b18-13+. The van der Waals surface area contributed by atoms with Gasteiger partial charge in [0.15, 0.2) is 23.1 Å². The molecule has 0 saturated carbocycles. The van der Waals surface area contributed by atoms with Gasteiger partial charge in [0, 0.05) is 37.9 Å². The van der Waals surface area contributed by atoms with Crippen molar-refractivity contribution in [2.24, 2.45) is 0 Å². The summed E-state index contributed by atoms with van der Waals surface area (Å²) in [5, 5.41) is 14.2. The zero-order valence-corrected chi connectivity index (χ0v) is 16.2. The van der Waals surface area contributed by atoms with E-state index in [1.54, 1.807) is 35.2 Å². The maximum atomic E-state index is 12.4. The molecule has 1 fully saturated rings. The van der Waals surface area contributed by atoms with E-state index in [1.165, 1.54) is 20.5 Å². The zero-order chi connectivity index (χ0) is 20.8. The largest absolute Gasteiger partial charge is 0.493 e. The molecular weight excluding hydrogens is 380 g/mol. The number of nitro groups is 1. The van der Waals surface area contributed by atoms with Gasteiger partial charge in [-0.05, 0) is 24.3 Å². The third-order valence-electron chi connectivity index (χ3n) is 4.52. The summed E-state index contributed by atoms with van der Waals surface area (Å²) >= 11 is 0. The second-order valence-electron chi connectivity index (χ2n) is 6.25. The summed E-state index contributed by atoms with van der Waals surface area (Å²) < 4.78 is 15.6. The van der Waals surface area contributed by atoms with Gasteiger partial charge in [-0.25, -0.2) is 0 Å². The Morgan fingerprint density at radius 1 is 1.14 bits per heavy atom. The third kappa shape index (κ3) is 4.78. The molecule has 0 unspecified atom stereocenters. The highest BCUT2D eigenvalue weighted by molar-refractivity contribution is 5.91. The van der Waals surface area contributed by atoms with Gasteiger partial charge in [-0.15, -0.1) is 0 Å². The van der Waals surface area contributed by atoms with E-state index in [4.69, 9.17) is 13.9 Å². The van der Waals surface area contributed by atoms with Crippen molar-refractivity contribution in [2.45, 2.75) is 0 Å². The number of hydrogen-bond donors (Lipinski definition) is 1. The van der Waals surface area contributed by atoms with Gasteiger partial charge in [-0.2, -0.15) is 0 Å². The van der Waals surface area contributed by atoms with Crippen LogP contribution in [-0.4, -0.2) is 61.0 Å². The summed E-state index contributed by atoms with van der Waals surface area (Å²) in [4.78, 5) is 26.5. The molecule has 1 amide bonds. The monoisotopic (exact) mass is 402 g/mol. The molecule has 0 aliphatic carbocycles. The molecule has 1 saturated heterocycles. The van der Waals surface area contributed by atoms with E-state index in [1.807, 2.05) is 4.90 Å². The van der Waals surface area contributed by atoms with Crippen LogP contribution in [0.5, 0.6) is 11.5 Å². The molecule has 1 aliphatic rings. The first-order valence-corrected chi connectivity index (χ1v) is 8.94. The Bertz CT molecular complexity index is 888. The number of rotatable bonds is 7. The quantitative estimate of drug-likeness (QED) is 0.555. The smallest absolute Gasteiger partial charge is 0.289 e. The molecule has 10 nitrogen and oxygen atoms in total. The van der Waals surface area contributed by atoms with E-state index in [0.29, 0.717) is 49.2 Å². The van der Waals surface area contributed by atoms with Crippen LogP contribution in [0.4, 0.5) is 5.69 Å². The molecule has 10 heteroatoms. The van der Waals surface area contributed by atoms with E-state index in [-0.39, 0.29) is 11.7 Å². The highest BCUT2D eigenvalue weighted by Gasteiger charge is 2.26. The van der Waals surface area contributed by atoms with E-state index in [0.717, 1.165) is 6.20 Å². The first-order chi connectivity index (χ1) is 14.0. The van der Waals surface area contributed by atoms with E-state index in [2.05, 4.69) is 5.32 Å². The first kappa shape index (κ1) is 20.1. The number of carbonyl (C=O) groups excluding carboxylic acids is 1. The Morgan fingerprint density at radius 2 is 1.83 bits per heavy atom. The fourth-order valence-corrected chi connectivity index (χ4v) is 3.06. The topological polar surface area (TPSA) is 110 Å². The van der Waals surface area contributed by atoms with Crippen LogP contribution in [0.2, 0.25) is 0 Å². The minimum absolute atomic E-state index is 0.192. The number of amides is 1. The zero-order valence-electron chi connectivity index (χ0n) is 16.2. The molecule has 29 heavy (non-hydrogen) atoms. The second-order valence-corrected chi connectivity index (χ2v) is 6.25. The SMILES string of the molecule is COc1ccc(N/C(=C\[N+](=O)[O-])N2CCN(C(=O)c3ccco3)CC2)cc1OC. The maximum absolute atomic E-state index is 12.4. The van der Waals surface area contributed by atoms with Gasteiger partial charge in [0.2, 0.25) is 0 Å². The number of nitrogens with one attached hydrogen (secondary N) is 1. The van der Waals surface area contributed by atoms with Crippen molar-refractivity contribution in [1.29, 1.82) is 0 Å². The molecule has 2 heterocycles. The Labute approximate surface area is 167 Å². The van der Waals surface area contributed by atoms with Crippen molar-refractivity contribution in [3.8, 4) is 11.5 Å². The van der Waals surface area contributed by atoms with Crippen molar-refractivity contribution in [3.05, 3.63) is 64.5 Å². The van der Waals surface area contributed by atoms with Gasteiger partial charge in [-0.3, -0.25) is 14.9 Å². The van der Waals surface area contributed by atoms with Gasteiger partial charge < -0.3 is 29.0 Å². The van der Waals surface area contributed by atoms with Crippen molar-refractivity contribution < 1.29 is 23.6 Å². The average molecular weight is 402 g/mol. The van der Waals surface area contributed by atoms with Crippen LogP contribution in [-0.2, 0) is 0 Å². The van der Waals surface area contributed by atoms with Gasteiger partial charge in [0.05, 0.1) is 25.4 Å². The summed E-state index contributed by atoms with van der Waals surface area (Å²) in [6, 6.07) is 8.43. The van der Waals surface area contributed by atoms with E-state index >= 15 is 0 Å². The van der Waals surface area contributed by atoms with Gasteiger partial charge in [-0.1, -0.05) is 0 Å². The fraction of sp³-hybridized carbons (Fsp3) is 0.316. The van der Waals surface area contributed by atoms with E-state index in [9.17, 15) is 14.9 Å². The lowest BCUT2D eigenvalue weighted by molar-refractivity contribution is -0.404. The molecule has 1 N–H and O–H groups in total.